The molecule has 194 valence electrons. The Bertz CT molecular complexity index is 1480. The van der Waals surface area contributed by atoms with E-state index >= 15 is 0 Å². The standard InChI is InChI=1S/C26H19BrClN3O6S/c1-15-2-6-19(12-21(15)28)29-24(32)14-37-22-9-5-18(27)10-17(22)11-23-25(33)30(26(34)38-23)13-16-3-7-20(8-4-16)31(35)36/h2-12H,13-14H2,1H3,(H,29,32)/b23-11-. The van der Waals surface area contributed by atoms with Crippen molar-refractivity contribution in [1.82, 2.24) is 4.90 Å². The van der Waals surface area contributed by atoms with Crippen molar-refractivity contribution in [1.29, 1.82) is 0 Å². The number of non-ortho nitro benzene ring substituents is 1. The monoisotopic (exact) mass is 615 g/mol. The van der Waals surface area contributed by atoms with Crippen molar-refractivity contribution in [3.8, 4) is 5.75 Å². The van der Waals surface area contributed by atoms with Gasteiger partial charge >= 0.3 is 0 Å². The van der Waals surface area contributed by atoms with Gasteiger partial charge in [-0.1, -0.05) is 45.7 Å². The molecule has 1 fully saturated rings. The van der Waals surface area contributed by atoms with Crippen molar-refractivity contribution in [2.24, 2.45) is 0 Å². The molecule has 0 radical (unpaired) electrons. The van der Waals surface area contributed by atoms with Gasteiger partial charge in [-0.25, -0.2) is 0 Å². The number of nitro groups is 1. The molecule has 4 rings (SSSR count). The minimum Gasteiger partial charge on any atom is -0.483 e. The first-order valence-electron chi connectivity index (χ1n) is 11.1. The number of carbonyl (C=O) groups is 3. The molecule has 1 aliphatic heterocycles. The van der Waals surface area contributed by atoms with Crippen LogP contribution < -0.4 is 10.1 Å². The molecular weight excluding hydrogens is 598 g/mol. The van der Waals surface area contributed by atoms with E-state index < -0.39 is 22.0 Å². The average Bonchev–Trinajstić information content (AvgIpc) is 3.13. The van der Waals surface area contributed by atoms with Gasteiger partial charge in [-0.3, -0.25) is 29.4 Å². The van der Waals surface area contributed by atoms with Crippen molar-refractivity contribution < 1.29 is 24.0 Å². The van der Waals surface area contributed by atoms with Gasteiger partial charge in [-0.15, -0.1) is 0 Å². The summed E-state index contributed by atoms with van der Waals surface area (Å²) in [6.07, 6.45) is 1.53. The lowest BCUT2D eigenvalue weighted by Crippen LogP contribution is -2.27. The fourth-order valence-corrected chi connectivity index (χ4v) is 4.85. The fourth-order valence-electron chi connectivity index (χ4n) is 3.46. The van der Waals surface area contributed by atoms with Crippen LogP contribution in [0, 0.1) is 17.0 Å². The molecule has 0 saturated carbocycles. The van der Waals surface area contributed by atoms with E-state index in [1.807, 2.05) is 6.92 Å². The highest BCUT2D eigenvalue weighted by Crippen LogP contribution is 2.36. The lowest BCUT2D eigenvalue weighted by Gasteiger charge is -2.12. The number of nitro benzene ring substituents is 1. The normalized spacial score (nSPS) is 14.2. The number of halogens is 2. The number of nitrogens with zero attached hydrogens (tertiary/aromatic N) is 2. The third kappa shape index (κ3) is 6.60. The van der Waals surface area contributed by atoms with Crippen LogP contribution in [0.15, 0.2) is 70.0 Å². The number of aryl methyl sites for hydroxylation is 1. The zero-order valence-electron chi connectivity index (χ0n) is 19.8. The van der Waals surface area contributed by atoms with Gasteiger partial charge in [0.1, 0.15) is 5.75 Å². The van der Waals surface area contributed by atoms with Crippen molar-refractivity contribution in [2.45, 2.75) is 13.5 Å². The van der Waals surface area contributed by atoms with Gasteiger partial charge in [0.15, 0.2) is 6.61 Å². The zero-order chi connectivity index (χ0) is 27.4. The van der Waals surface area contributed by atoms with E-state index in [1.54, 1.807) is 36.4 Å². The average molecular weight is 617 g/mol. The van der Waals surface area contributed by atoms with Gasteiger partial charge in [0.2, 0.25) is 0 Å². The van der Waals surface area contributed by atoms with Crippen LogP contribution in [0.25, 0.3) is 6.08 Å². The first-order valence-corrected chi connectivity index (χ1v) is 13.1. The summed E-state index contributed by atoms with van der Waals surface area (Å²) in [5, 5.41) is 13.6. The molecule has 0 unspecified atom stereocenters. The number of thioether (sulfide) groups is 1. The molecule has 0 aliphatic carbocycles. The second-order valence-corrected chi connectivity index (χ2v) is 10.5. The summed E-state index contributed by atoms with van der Waals surface area (Å²) in [6.45, 7) is 1.54. The van der Waals surface area contributed by atoms with Crippen molar-refractivity contribution >= 4 is 73.8 Å². The first kappa shape index (κ1) is 27.4. The molecule has 3 amide bonds. The van der Waals surface area contributed by atoms with Crippen LogP contribution in [-0.2, 0) is 16.1 Å². The third-order valence-corrected chi connectivity index (χ3v) is 7.24. The molecule has 1 saturated heterocycles. The summed E-state index contributed by atoms with van der Waals surface area (Å²) >= 11 is 10.3. The number of rotatable bonds is 8. The maximum atomic E-state index is 13.0. The summed E-state index contributed by atoms with van der Waals surface area (Å²) in [5.41, 5.74) is 2.41. The van der Waals surface area contributed by atoms with Crippen molar-refractivity contribution in [2.75, 3.05) is 11.9 Å². The summed E-state index contributed by atoms with van der Waals surface area (Å²) in [7, 11) is 0. The van der Waals surface area contributed by atoms with Crippen molar-refractivity contribution in [3.63, 3.8) is 0 Å². The molecule has 0 aromatic heterocycles. The molecular formula is C26H19BrClN3O6S. The number of hydrogen-bond acceptors (Lipinski definition) is 7. The summed E-state index contributed by atoms with van der Waals surface area (Å²) in [4.78, 5) is 49.6. The molecule has 1 aliphatic rings. The number of amides is 3. The van der Waals surface area contributed by atoms with Crippen LogP contribution >= 0.6 is 39.3 Å². The smallest absolute Gasteiger partial charge is 0.293 e. The van der Waals surface area contributed by atoms with E-state index in [2.05, 4.69) is 21.2 Å². The number of benzene rings is 3. The van der Waals surface area contributed by atoms with Crippen LogP contribution in [0.5, 0.6) is 5.75 Å². The lowest BCUT2D eigenvalue weighted by molar-refractivity contribution is -0.384. The van der Waals surface area contributed by atoms with Gasteiger partial charge in [-0.05, 0) is 66.2 Å². The topological polar surface area (TPSA) is 119 Å². The zero-order valence-corrected chi connectivity index (χ0v) is 22.9. The van der Waals surface area contributed by atoms with Gasteiger partial charge in [0, 0.05) is 32.9 Å². The number of anilines is 1. The van der Waals surface area contributed by atoms with E-state index in [-0.39, 0.29) is 23.7 Å². The Morgan fingerprint density at radius 2 is 1.89 bits per heavy atom. The van der Waals surface area contributed by atoms with Crippen LogP contribution in [0.3, 0.4) is 0 Å². The Labute approximate surface area is 235 Å². The summed E-state index contributed by atoms with van der Waals surface area (Å²) < 4.78 is 6.43. The van der Waals surface area contributed by atoms with E-state index in [1.165, 1.54) is 30.3 Å². The molecule has 0 bridgehead atoms. The molecule has 38 heavy (non-hydrogen) atoms. The highest BCUT2D eigenvalue weighted by molar-refractivity contribution is 9.10. The second kappa shape index (κ2) is 11.8. The number of nitrogens with one attached hydrogen (secondary N) is 1. The quantitative estimate of drug-likeness (QED) is 0.173. The third-order valence-electron chi connectivity index (χ3n) is 5.43. The minimum atomic E-state index is -0.522. The van der Waals surface area contributed by atoms with E-state index in [4.69, 9.17) is 16.3 Å². The van der Waals surface area contributed by atoms with Crippen LogP contribution in [0.4, 0.5) is 16.2 Å². The molecule has 1 heterocycles. The molecule has 3 aromatic carbocycles. The Hall–Kier alpha value is -3.67. The molecule has 0 spiro atoms. The SMILES string of the molecule is Cc1ccc(NC(=O)COc2ccc(Br)cc2/C=C2\SC(=O)N(Cc3ccc([N+](=O)[O-])cc3)C2=O)cc1Cl. The predicted octanol–water partition coefficient (Wildman–Crippen LogP) is 6.57. The van der Waals surface area contributed by atoms with Gasteiger partial charge < -0.3 is 10.1 Å². The molecule has 1 N–H and O–H groups in total. The Kier molecular flexibility index (Phi) is 8.50. The number of imide groups is 1. The molecule has 0 atom stereocenters. The largest absolute Gasteiger partial charge is 0.483 e. The predicted molar refractivity (Wildman–Crippen MR) is 149 cm³/mol. The Balaban J connectivity index is 1.46. The maximum absolute atomic E-state index is 13.0. The van der Waals surface area contributed by atoms with Crippen molar-refractivity contribution in [3.05, 3.63) is 102 Å². The van der Waals surface area contributed by atoms with Crippen LogP contribution in [0.1, 0.15) is 16.7 Å². The van der Waals surface area contributed by atoms with E-state index in [0.29, 0.717) is 32.1 Å². The van der Waals surface area contributed by atoms with E-state index in [9.17, 15) is 24.5 Å². The van der Waals surface area contributed by atoms with Gasteiger partial charge in [0.25, 0.3) is 22.7 Å². The van der Waals surface area contributed by atoms with Gasteiger partial charge in [0.05, 0.1) is 16.4 Å². The van der Waals surface area contributed by atoms with Gasteiger partial charge in [-0.2, -0.15) is 0 Å². The summed E-state index contributed by atoms with van der Waals surface area (Å²) in [6, 6.07) is 15.9. The van der Waals surface area contributed by atoms with Crippen LogP contribution in [0.2, 0.25) is 5.02 Å². The number of hydrogen-bond donors (Lipinski definition) is 1. The van der Waals surface area contributed by atoms with Crippen LogP contribution in [-0.4, -0.2) is 33.5 Å². The number of ether oxygens (including phenoxy) is 1. The second-order valence-electron chi connectivity index (χ2n) is 8.17. The first-order chi connectivity index (χ1) is 18.1. The fraction of sp³-hybridized carbons (Fsp3) is 0.115. The highest BCUT2D eigenvalue weighted by Gasteiger charge is 2.35. The summed E-state index contributed by atoms with van der Waals surface area (Å²) in [5.74, 6) is -0.562. The Morgan fingerprint density at radius 1 is 1.16 bits per heavy atom. The molecule has 3 aromatic rings. The minimum absolute atomic E-state index is 0.0228. The Morgan fingerprint density at radius 3 is 2.58 bits per heavy atom. The number of carbonyl (C=O) groups excluding carboxylic acids is 3. The molecule has 12 heteroatoms. The highest BCUT2D eigenvalue weighted by atomic mass is 79.9. The van der Waals surface area contributed by atoms with E-state index in [0.717, 1.165) is 22.2 Å². The lowest BCUT2D eigenvalue weighted by atomic mass is 10.1. The molecule has 9 nitrogen and oxygen atoms in total. The maximum Gasteiger partial charge on any atom is 0.293 e.